The molecule has 1 fully saturated rings. The lowest BCUT2D eigenvalue weighted by atomic mass is 9.85. The number of nitrogens with one attached hydrogen (secondary N) is 1. The quantitative estimate of drug-likeness (QED) is 0.415. The van der Waals surface area contributed by atoms with Crippen LogP contribution in [0, 0.1) is 0 Å². The Balaban J connectivity index is 1.38. The number of carbonyl (C=O) groups is 2. The summed E-state index contributed by atoms with van der Waals surface area (Å²) in [5.41, 5.74) is 2.86. The van der Waals surface area contributed by atoms with Crippen LogP contribution in [0.1, 0.15) is 38.6 Å². The summed E-state index contributed by atoms with van der Waals surface area (Å²) in [5, 5.41) is 3.00. The van der Waals surface area contributed by atoms with Gasteiger partial charge in [-0.3, -0.25) is 19.6 Å². The average Bonchev–Trinajstić information content (AvgIpc) is 2.93. The maximum absolute atomic E-state index is 13.4. The normalized spacial score (nSPS) is 17.5. The number of hydrogen-bond acceptors (Lipinski definition) is 5. The fourth-order valence-electron chi connectivity index (χ4n) is 4.73. The summed E-state index contributed by atoms with van der Waals surface area (Å²) in [5.74, 6) is -1.02. The van der Waals surface area contributed by atoms with E-state index in [1.54, 1.807) is 41.6 Å². The van der Waals surface area contributed by atoms with Crippen molar-refractivity contribution in [1.82, 2.24) is 20.2 Å². The molecule has 37 heavy (non-hydrogen) atoms. The largest absolute Gasteiger partial charge is 0.434 e. The van der Waals surface area contributed by atoms with Gasteiger partial charge in [-0.15, -0.1) is 0 Å². The molecule has 2 atom stereocenters. The predicted molar refractivity (Wildman–Crippen MR) is 134 cm³/mol. The van der Waals surface area contributed by atoms with Crippen LogP contribution >= 0.6 is 0 Å². The zero-order valence-electron chi connectivity index (χ0n) is 19.8. The second-order valence-corrected chi connectivity index (χ2v) is 8.77. The molecule has 2 heterocycles. The van der Waals surface area contributed by atoms with Crippen LogP contribution in [-0.2, 0) is 0 Å². The molecule has 0 spiro atoms. The van der Waals surface area contributed by atoms with Crippen molar-refractivity contribution in [1.29, 1.82) is 0 Å². The van der Waals surface area contributed by atoms with Crippen LogP contribution in [0.5, 0.6) is 5.75 Å². The summed E-state index contributed by atoms with van der Waals surface area (Å²) in [4.78, 5) is 36.9. The summed E-state index contributed by atoms with van der Waals surface area (Å²) in [7, 11) is 0. The lowest BCUT2D eigenvalue weighted by Gasteiger charge is -2.39. The van der Waals surface area contributed by atoms with E-state index in [1.807, 2.05) is 30.3 Å². The van der Waals surface area contributed by atoms with E-state index in [4.69, 9.17) is 0 Å². The van der Waals surface area contributed by atoms with E-state index in [-0.39, 0.29) is 29.2 Å². The number of nitrogens with zero attached hydrogens (tertiary/aromatic N) is 3. The van der Waals surface area contributed by atoms with Gasteiger partial charge >= 0.3 is 6.61 Å². The highest BCUT2D eigenvalue weighted by molar-refractivity contribution is 5.98. The Morgan fingerprint density at radius 1 is 0.946 bits per heavy atom. The third-order valence-corrected chi connectivity index (χ3v) is 6.51. The zero-order valence-corrected chi connectivity index (χ0v) is 19.8. The van der Waals surface area contributed by atoms with Crippen molar-refractivity contribution < 1.29 is 23.1 Å². The molecule has 2 amide bonds. The number of hydrogen-bond donors (Lipinski definition) is 1. The minimum Gasteiger partial charge on any atom is -0.434 e. The first-order chi connectivity index (χ1) is 18.0. The first kappa shape index (κ1) is 24.3. The average molecular weight is 503 g/mol. The molecule has 7 nitrogen and oxygen atoms in total. The van der Waals surface area contributed by atoms with Gasteiger partial charge in [0.25, 0.3) is 11.8 Å². The number of ether oxygens (including phenoxy) is 1. The Bertz CT molecular complexity index is 1420. The van der Waals surface area contributed by atoms with Crippen molar-refractivity contribution in [3.8, 4) is 5.75 Å². The predicted octanol–water partition coefficient (Wildman–Crippen LogP) is 4.66. The van der Waals surface area contributed by atoms with Gasteiger partial charge in [0, 0.05) is 43.0 Å². The van der Waals surface area contributed by atoms with Crippen molar-refractivity contribution in [3.05, 3.63) is 102 Å². The summed E-state index contributed by atoms with van der Waals surface area (Å²) in [6.45, 7) is -2.25. The van der Waals surface area contributed by atoms with Crippen LogP contribution in [0.3, 0.4) is 0 Å². The number of carbonyl (C=O) groups excluding carboxylic acids is 2. The monoisotopic (exact) mass is 502 g/mol. The molecule has 0 saturated carbocycles. The van der Waals surface area contributed by atoms with Crippen molar-refractivity contribution in [2.75, 3.05) is 13.1 Å². The van der Waals surface area contributed by atoms with Gasteiger partial charge in [-0.05, 0) is 42.3 Å². The Kier molecular flexibility index (Phi) is 7.02. The van der Waals surface area contributed by atoms with E-state index in [1.165, 1.54) is 18.2 Å². The highest BCUT2D eigenvalue weighted by Crippen LogP contribution is 2.30. The summed E-state index contributed by atoms with van der Waals surface area (Å²) < 4.78 is 30.2. The number of aromatic nitrogens is 2. The van der Waals surface area contributed by atoms with Crippen LogP contribution in [0.4, 0.5) is 8.78 Å². The van der Waals surface area contributed by atoms with E-state index in [0.29, 0.717) is 36.1 Å². The number of alkyl halides is 2. The maximum atomic E-state index is 13.4. The lowest BCUT2D eigenvalue weighted by molar-refractivity contribution is -0.0501. The molecule has 9 heteroatoms. The SMILES string of the molecule is O=C(N[C@@H]1CCN(C(=O)c2ccc3nccnc3c2)C[C@H]1c1ccccc1)c1ccccc1OC(F)F. The second-order valence-electron chi connectivity index (χ2n) is 8.77. The molecule has 1 aromatic heterocycles. The van der Waals surface area contributed by atoms with Crippen LogP contribution in [0.15, 0.2) is 85.2 Å². The first-order valence-electron chi connectivity index (χ1n) is 11.9. The zero-order chi connectivity index (χ0) is 25.8. The molecule has 5 rings (SSSR count). The molecule has 4 aromatic rings. The maximum Gasteiger partial charge on any atom is 0.387 e. The van der Waals surface area contributed by atoms with Crippen LogP contribution in [0.2, 0.25) is 0 Å². The fourth-order valence-corrected chi connectivity index (χ4v) is 4.73. The number of amides is 2. The van der Waals surface area contributed by atoms with Gasteiger partial charge in [-0.2, -0.15) is 8.78 Å². The molecule has 3 aromatic carbocycles. The topological polar surface area (TPSA) is 84.4 Å². The van der Waals surface area contributed by atoms with Gasteiger partial charge in [0.15, 0.2) is 0 Å². The third kappa shape index (κ3) is 5.40. The number of benzene rings is 3. The van der Waals surface area contributed by atoms with Crippen molar-refractivity contribution in [3.63, 3.8) is 0 Å². The summed E-state index contributed by atoms with van der Waals surface area (Å²) >= 11 is 0. The molecule has 1 saturated heterocycles. The van der Waals surface area contributed by atoms with E-state index in [2.05, 4.69) is 20.0 Å². The number of rotatable bonds is 6. The highest BCUT2D eigenvalue weighted by Gasteiger charge is 2.34. The molecule has 1 aliphatic heterocycles. The smallest absolute Gasteiger partial charge is 0.387 e. The Morgan fingerprint density at radius 3 is 2.46 bits per heavy atom. The van der Waals surface area contributed by atoms with Crippen molar-refractivity contribution >= 4 is 22.8 Å². The minimum atomic E-state index is -3.04. The van der Waals surface area contributed by atoms with Gasteiger partial charge in [0.05, 0.1) is 16.6 Å². The second kappa shape index (κ2) is 10.7. The van der Waals surface area contributed by atoms with Gasteiger partial charge in [0.1, 0.15) is 5.75 Å². The van der Waals surface area contributed by atoms with E-state index >= 15 is 0 Å². The molecular formula is C28H24F2N4O3. The number of halogens is 2. The van der Waals surface area contributed by atoms with Gasteiger partial charge < -0.3 is 15.0 Å². The third-order valence-electron chi connectivity index (χ3n) is 6.51. The minimum absolute atomic E-state index is 0.0328. The molecule has 0 aliphatic carbocycles. The Morgan fingerprint density at radius 2 is 1.68 bits per heavy atom. The molecular weight excluding hydrogens is 478 g/mol. The van der Waals surface area contributed by atoms with Gasteiger partial charge in [0.2, 0.25) is 0 Å². The highest BCUT2D eigenvalue weighted by atomic mass is 19.3. The van der Waals surface area contributed by atoms with Crippen molar-refractivity contribution in [2.45, 2.75) is 25.0 Å². The van der Waals surface area contributed by atoms with E-state index in [9.17, 15) is 18.4 Å². The molecule has 1 aliphatic rings. The number of fused-ring (bicyclic) bond motifs is 1. The number of para-hydroxylation sites is 1. The van der Waals surface area contributed by atoms with E-state index < -0.39 is 12.5 Å². The van der Waals surface area contributed by atoms with Gasteiger partial charge in [-0.1, -0.05) is 42.5 Å². The molecule has 1 N–H and O–H groups in total. The summed E-state index contributed by atoms with van der Waals surface area (Å²) in [6.07, 6.45) is 3.67. The lowest BCUT2D eigenvalue weighted by Crippen LogP contribution is -2.51. The Hall–Kier alpha value is -4.40. The molecule has 188 valence electrons. The Labute approximate surface area is 212 Å². The molecule has 0 unspecified atom stereocenters. The molecule has 0 bridgehead atoms. The first-order valence-corrected chi connectivity index (χ1v) is 11.9. The standard InChI is InChI=1S/C28H24F2N4O3/c29-28(30)37-25-9-5-4-8-20(25)26(35)33-22-12-15-34(17-21(22)18-6-2-1-3-7-18)27(36)19-10-11-23-24(16-19)32-14-13-31-23/h1-11,13-14,16,21-22,28H,12,15,17H2,(H,33,35)/t21-,22+/m0/s1. The van der Waals surface area contributed by atoms with Crippen LogP contribution in [0.25, 0.3) is 11.0 Å². The molecule has 0 radical (unpaired) electrons. The number of likely N-dealkylation sites (tertiary alicyclic amines) is 1. The van der Waals surface area contributed by atoms with E-state index in [0.717, 1.165) is 5.56 Å². The van der Waals surface area contributed by atoms with Crippen molar-refractivity contribution in [2.24, 2.45) is 0 Å². The van der Waals surface area contributed by atoms with Crippen LogP contribution in [-0.4, -0.2) is 52.4 Å². The summed E-state index contributed by atoms with van der Waals surface area (Å²) in [6, 6.07) is 20.5. The van der Waals surface area contributed by atoms with Gasteiger partial charge in [-0.25, -0.2) is 0 Å². The number of piperidine rings is 1. The fraction of sp³-hybridized carbons (Fsp3) is 0.214. The van der Waals surface area contributed by atoms with Crippen LogP contribution < -0.4 is 10.1 Å².